The fourth-order valence-electron chi connectivity index (χ4n) is 2.17. The van der Waals surface area contributed by atoms with Crippen molar-refractivity contribution in [1.82, 2.24) is 10.1 Å². The minimum atomic E-state index is -0.542. The Morgan fingerprint density at radius 1 is 1.21 bits per heavy atom. The molecule has 1 heterocycles. The van der Waals surface area contributed by atoms with E-state index in [1.807, 2.05) is 32.0 Å². The largest absolute Gasteiger partial charge is 0.393 e. The van der Waals surface area contributed by atoms with E-state index in [4.69, 9.17) is 16.1 Å². The van der Waals surface area contributed by atoms with Gasteiger partial charge in [-0.3, -0.25) is 0 Å². The van der Waals surface area contributed by atoms with E-state index < -0.39 is 6.10 Å². The fourth-order valence-corrected chi connectivity index (χ4v) is 2.39. The molecule has 4 nitrogen and oxygen atoms in total. The lowest BCUT2D eigenvalue weighted by Gasteiger charge is -2.19. The minimum Gasteiger partial charge on any atom is -0.393 e. The molecule has 5 heteroatoms. The minimum absolute atomic E-state index is 0.177. The molecule has 0 aliphatic carbocycles. The average Bonchev–Trinajstić information content (AvgIpc) is 2.77. The Hall–Kier alpha value is -1.39. The first-order valence-electron chi connectivity index (χ1n) is 6.27. The maximum absolute atomic E-state index is 9.82. The summed E-state index contributed by atoms with van der Waals surface area (Å²) in [4.78, 5) is 4.36. The molecule has 0 aliphatic heterocycles. The van der Waals surface area contributed by atoms with Gasteiger partial charge in [-0.25, -0.2) is 0 Å². The van der Waals surface area contributed by atoms with Crippen LogP contribution in [0.4, 0.5) is 0 Å². The van der Waals surface area contributed by atoms with Crippen LogP contribution in [-0.4, -0.2) is 21.4 Å². The molecule has 0 amide bonds. The van der Waals surface area contributed by atoms with Crippen LogP contribution in [0.3, 0.4) is 0 Å². The molecule has 2 atom stereocenters. The Balaban J connectivity index is 2.36. The molecule has 0 saturated carbocycles. The number of nitrogens with zero attached hydrogens (tertiary/aromatic N) is 2. The van der Waals surface area contributed by atoms with Crippen LogP contribution in [0.25, 0.3) is 11.4 Å². The lowest BCUT2D eigenvalue weighted by molar-refractivity contribution is 0.120. The van der Waals surface area contributed by atoms with Gasteiger partial charge in [-0.2, -0.15) is 4.98 Å². The van der Waals surface area contributed by atoms with Gasteiger partial charge in [0.1, 0.15) is 0 Å². The number of aliphatic hydroxyl groups excluding tert-OH is 1. The monoisotopic (exact) mass is 280 g/mol. The Labute approximate surface area is 117 Å². The van der Waals surface area contributed by atoms with Gasteiger partial charge >= 0.3 is 0 Å². The van der Waals surface area contributed by atoms with E-state index in [-0.39, 0.29) is 11.8 Å². The average molecular weight is 281 g/mol. The zero-order chi connectivity index (χ0) is 14.0. The third-order valence-corrected chi connectivity index (χ3v) is 3.41. The zero-order valence-corrected chi connectivity index (χ0v) is 11.9. The van der Waals surface area contributed by atoms with Crippen molar-refractivity contribution in [3.63, 3.8) is 0 Å². The highest BCUT2D eigenvalue weighted by Crippen LogP contribution is 2.30. The summed E-state index contributed by atoms with van der Waals surface area (Å²) in [6.45, 7) is 5.75. The van der Waals surface area contributed by atoms with Gasteiger partial charge in [-0.1, -0.05) is 42.7 Å². The van der Waals surface area contributed by atoms with Crippen molar-refractivity contribution < 1.29 is 9.63 Å². The summed E-state index contributed by atoms with van der Waals surface area (Å²) >= 11 is 6.10. The number of benzene rings is 1. The first kappa shape index (κ1) is 14.0. The van der Waals surface area contributed by atoms with E-state index >= 15 is 0 Å². The van der Waals surface area contributed by atoms with Gasteiger partial charge in [0, 0.05) is 5.56 Å². The summed E-state index contributed by atoms with van der Waals surface area (Å²) in [7, 11) is 0. The van der Waals surface area contributed by atoms with Crippen LogP contribution in [0.5, 0.6) is 0 Å². The summed E-state index contributed by atoms with van der Waals surface area (Å²) in [5, 5.41) is 14.3. The van der Waals surface area contributed by atoms with Crippen LogP contribution < -0.4 is 0 Å². The highest BCUT2D eigenvalue weighted by molar-refractivity contribution is 6.33. The van der Waals surface area contributed by atoms with Crippen molar-refractivity contribution >= 4 is 11.6 Å². The number of aromatic nitrogens is 2. The maximum atomic E-state index is 9.82. The molecule has 1 N–H and O–H groups in total. The highest BCUT2D eigenvalue weighted by atomic mass is 35.5. The van der Waals surface area contributed by atoms with Crippen molar-refractivity contribution in [2.75, 3.05) is 0 Å². The van der Waals surface area contributed by atoms with Crippen molar-refractivity contribution in [3.05, 3.63) is 35.2 Å². The normalized spacial score (nSPS) is 14.6. The van der Waals surface area contributed by atoms with Crippen LogP contribution in [0, 0.1) is 5.92 Å². The van der Waals surface area contributed by atoms with Crippen LogP contribution in [0.2, 0.25) is 5.02 Å². The SMILES string of the molecule is CC(C)C(c1nc(-c2ccccc2Cl)no1)C(C)O. The van der Waals surface area contributed by atoms with E-state index in [1.165, 1.54) is 0 Å². The molecule has 0 radical (unpaired) electrons. The molecule has 102 valence electrons. The van der Waals surface area contributed by atoms with Gasteiger partial charge in [0.2, 0.25) is 11.7 Å². The summed E-state index contributed by atoms with van der Waals surface area (Å²) in [6, 6.07) is 7.33. The predicted molar refractivity (Wildman–Crippen MR) is 74.0 cm³/mol. The lowest BCUT2D eigenvalue weighted by Crippen LogP contribution is -2.20. The standard InChI is InChI=1S/C14H17ClN2O2/c1-8(2)12(9(3)18)14-16-13(17-19-14)10-6-4-5-7-11(10)15/h4-9,12,18H,1-3H3. The quantitative estimate of drug-likeness (QED) is 0.931. The molecule has 0 bridgehead atoms. The van der Waals surface area contributed by atoms with E-state index in [9.17, 15) is 5.11 Å². The third kappa shape index (κ3) is 2.96. The van der Waals surface area contributed by atoms with Gasteiger partial charge in [-0.05, 0) is 25.0 Å². The Morgan fingerprint density at radius 3 is 2.47 bits per heavy atom. The third-order valence-electron chi connectivity index (χ3n) is 3.08. The van der Waals surface area contributed by atoms with E-state index in [1.54, 1.807) is 13.0 Å². The van der Waals surface area contributed by atoms with Crippen LogP contribution >= 0.6 is 11.6 Å². The Bertz CT molecular complexity index is 544. The molecular weight excluding hydrogens is 264 g/mol. The molecule has 2 aromatic rings. The second-order valence-corrected chi connectivity index (χ2v) is 5.35. The lowest BCUT2D eigenvalue weighted by atomic mass is 9.91. The number of rotatable bonds is 4. The van der Waals surface area contributed by atoms with Crippen molar-refractivity contribution in [2.24, 2.45) is 5.92 Å². The summed E-state index contributed by atoms with van der Waals surface area (Å²) < 4.78 is 5.28. The molecule has 19 heavy (non-hydrogen) atoms. The van der Waals surface area contributed by atoms with Gasteiger partial charge in [0.15, 0.2) is 0 Å². The van der Waals surface area contributed by atoms with Gasteiger partial charge < -0.3 is 9.63 Å². The van der Waals surface area contributed by atoms with Crippen molar-refractivity contribution in [1.29, 1.82) is 0 Å². The molecule has 0 spiro atoms. The summed E-state index contributed by atoms with van der Waals surface area (Å²) in [5.74, 6) is 0.926. The van der Waals surface area contributed by atoms with Gasteiger partial charge in [0.05, 0.1) is 17.0 Å². The highest BCUT2D eigenvalue weighted by Gasteiger charge is 2.27. The fraction of sp³-hybridized carbons (Fsp3) is 0.429. The molecule has 0 aliphatic rings. The first-order valence-corrected chi connectivity index (χ1v) is 6.65. The van der Waals surface area contributed by atoms with E-state index in [2.05, 4.69) is 10.1 Å². The zero-order valence-electron chi connectivity index (χ0n) is 11.2. The van der Waals surface area contributed by atoms with E-state index in [0.717, 1.165) is 5.56 Å². The number of halogens is 1. The van der Waals surface area contributed by atoms with Crippen LogP contribution in [0.15, 0.2) is 28.8 Å². The second kappa shape index (κ2) is 5.72. The van der Waals surface area contributed by atoms with Crippen LogP contribution in [0.1, 0.15) is 32.6 Å². The van der Waals surface area contributed by atoms with E-state index in [0.29, 0.717) is 16.7 Å². The van der Waals surface area contributed by atoms with Gasteiger partial charge in [-0.15, -0.1) is 0 Å². The molecule has 1 aromatic carbocycles. The number of hydrogen-bond acceptors (Lipinski definition) is 4. The molecule has 2 rings (SSSR count). The maximum Gasteiger partial charge on any atom is 0.232 e. The van der Waals surface area contributed by atoms with Crippen molar-refractivity contribution in [2.45, 2.75) is 32.8 Å². The predicted octanol–water partition coefficient (Wildman–Crippen LogP) is 3.51. The first-order chi connectivity index (χ1) is 9.00. The smallest absolute Gasteiger partial charge is 0.232 e. The molecule has 0 saturated heterocycles. The summed E-state index contributed by atoms with van der Waals surface area (Å²) in [5.41, 5.74) is 0.729. The molecule has 2 unspecified atom stereocenters. The molecule has 1 aromatic heterocycles. The topological polar surface area (TPSA) is 59.2 Å². The summed E-state index contributed by atoms with van der Waals surface area (Å²) in [6.07, 6.45) is -0.542. The van der Waals surface area contributed by atoms with Crippen LogP contribution in [-0.2, 0) is 0 Å². The van der Waals surface area contributed by atoms with Crippen molar-refractivity contribution in [3.8, 4) is 11.4 Å². The number of aliphatic hydroxyl groups is 1. The second-order valence-electron chi connectivity index (χ2n) is 4.95. The van der Waals surface area contributed by atoms with Gasteiger partial charge in [0.25, 0.3) is 0 Å². The Kier molecular flexibility index (Phi) is 4.22. The molecular formula is C14H17ClN2O2. The Morgan fingerprint density at radius 2 is 1.89 bits per heavy atom. The molecule has 0 fully saturated rings. The number of hydrogen-bond donors (Lipinski definition) is 1.